The molecule has 0 saturated heterocycles. The van der Waals surface area contributed by atoms with Gasteiger partial charge in [-0.3, -0.25) is 4.99 Å². The number of methoxy groups -OCH3 is 1. The Morgan fingerprint density at radius 3 is 2.50 bits per heavy atom. The standard InChI is InChI=1S/C19H39N3O2/c1-4-20-18(21-14-9-6-10-15-23-3)22-17-19(11-7-8-12-19)13-16-24-5-2/h4-17H2,1-3H3,(H2,20,21,22). The number of aliphatic imine (C=N–C) groups is 1. The van der Waals surface area contributed by atoms with E-state index in [0.717, 1.165) is 64.7 Å². The molecule has 0 amide bonds. The summed E-state index contributed by atoms with van der Waals surface area (Å²) in [4.78, 5) is 4.89. The maximum atomic E-state index is 5.60. The fourth-order valence-corrected chi connectivity index (χ4v) is 3.39. The van der Waals surface area contributed by atoms with Crippen molar-refractivity contribution in [2.24, 2.45) is 10.4 Å². The van der Waals surface area contributed by atoms with Crippen molar-refractivity contribution in [3.05, 3.63) is 0 Å². The molecule has 0 aromatic heterocycles. The average molecular weight is 342 g/mol. The molecule has 0 unspecified atom stereocenters. The monoisotopic (exact) mass is 341 g/mol. The van der Waals surface area contributed by atoms with Crippen molar-refractivity contribution in [2.45, 2.75) is 65.2 Å². The van der Waals surface area contributed by atoms with Crippen molar-refractivity contribution in [3.63, 3.8) is 0 Å². The number of hydrogen-bond acceptors (Lipinski definition) is 3. The van der Waals surface area contributed by atoms with Crippen molar-refractivity contribution in [3.8, 4) is 0 Å². The predicted octanol–water partition coefficient (Wildman–Crippen LogP) is 3.35. The van der Waals surface area contributed by atoms with Crippen LogP contribution in [0.15, 0.2) is 4.99 Å². The zero-order valence-corrected chi connectivity index (χ0v) is 16.2. The first-order valence-corrected chi connectivity index (χ1v) is 9.85. The van der Waals surface area contributed by atoms with Crippen LogP contribution in [-0.2, 0) is 9.47 Å². The zero-order valence-electron chi connectivity index (χ0n) is 16.2. The van der Waals surface area contributed by atoms with Crippen LogP contribution in [0.5, 0.6) is 0 Å². The van der Waals surface area contributed by atoms with Gasteiger partial charge in [-0.1, -0.05) is 12.8 Å². The number of guanidine groups is 1. The SMILES string of the molecule is CCNC(=NCC1(CCOCC)CCCC1)NCCCCCOC. The molecule has 5 nitrogen and oxygen atoms in total. The van der Waals surface area contributed by atoms with Gasteiger partial charge in [0.1, 0.15) is 0 Å². The molecule has 0 aromatic carbocycles. The summed E-state index contributed by atoms with van der Waals surface area (Å²) in [5.74, 6) is 0.965. The van der Waals surface area contributed by atoms with E-state index in [1.165, 1.54) is 32.1 Å². The lowest BCUT2D eigenvalue weighted by Gasteiger charge is -2.27. The van der Waals surface area contributed by atoms with E-state index in [4.69, 9.17) is 14.5 Å². The first-order chi connectivity index (χ1) is 11.8. The molecule has 1 aliphatic rings. The molecule has 0 aliphatic heterocycles. The topological polar surface area (TPSA) is 54.9 Å². The van der Waals surface area contributed by atoms with Crippen LogP contribution < -0.4 is 10.6 Å². The van der Waals surface area contributed by atoms with Crippen molar-refractivity contribution < 1.29 is 9.47 Å². The molecule has 142 valence electrons. The molecule has 5 heteroatoms. The summed E-state index contributed by atoms with van der Waals surface area (Å²) in [6.45, 7) is 9.52. The lowest BCUT2D eigenvalue weighted by Crippen LogP contribution is -2.39. The van der Waals surface area contributed by atoms with Crippen LogP contribution in [-0.4, -0.2) is 52.5 Å². The van der Waals surface area contributed by atoms with E-state index in [0.29, 0.717) is 5.41 Å². The van der Waals surface area contributed by atoms with Gasteiger partial charge in [-0.15, -0.1) is 0 Å². The van der Waals surface area contributed by atoms with Crippen molar-refractivity contribution in [1.29, 1.82) is 0 Å². The summed E-state index contributed by atoms with van der Waals surface area (Å²) in [7, 11) is 1.76. The second kappa shape index (κ2) is 13.5. The van der Waals surface area contributed by atoms with Crippen molar-refractivity contribution >= 4 is 5.96 Å². The number of nitrogens with zero attached hydrogens (tertiary/aromatic N) is 1. The molecular formula is C19H39N3O2. The number of rotatable bonds is 13. The molecule has 1 fully saturated rings. The summed E-state index contributed by atoms with van der Waals surface area (Å²) >= 11 is 0. The summed E-state index contributed by atoms with van der Waals surface area (Å²) < 4.78 is 10.7. The second-order valence-electron chi connectivity index (χ2n) is 6.83. The van der Waals surface area contributed by atoms with E-state index in [1.807, 2.05) is 0 Å². The number of ether oxygens (including phenoxy) is 2. The molecule has 1 saturated carbocycles. The Hall–Kier alpha value is -0.810. The molecule has 2 N–H and O–H groups in total. The third-order valence-electron chi connectivity index (χ3n) is 4.88. The minimum Gasteiger partial charge on any atom is -0.385 e. The van der Waals surface area contributed by atoms with Crippen LogP contribution in [0.2, 0.25) is 0 Å². The minimum absolute atomic E-state index is 0.357. The van der Waals surface area contributed by atoms with Crippen LogP contribution in [0.4, 0.5) is 0 Å². The summed E-state index contributed by atoms with van der Waals surface area (Å²) in [5, 5.41) is 6.85. The zero-order chi connectivity index (χ0) is 17.5. The van der Waals surface area contributed by atoms with E-state index in [9.17, 15) is 0 Å². The normalized spacial score (nSPS) is 17.2. The van der Waals surface area contributed by atoms with Gasteiger partial charge in [-0.2, -0.15) is 0 Å². The van der Waals surface area contributed by atoms with Gasteiger partial charge in [0.05, 0.1) is 0 Å². The van der Waals surface area contributed by atoms with Gasteiger partial charge in [0, 0.05) is 46.6 Å². The Labute approximate surface area is 149 Å². The molecule has 24 heavy (non-hydrogen) atoms. The van der Waals surface area contributed by atoms with Gasteiger partial charge in [0.2, 0.25) is 0 Å². The minimum atomic E-state index is 0.357. The number of unbranched alkanes of at least 4 members (excludes halogenated alkanes) is 2. The van der Waals surface area contributed by atoms with Crippen LogP contribution in [0, 0.1) is 5.41 Å². The smallest absolute Gasteiger partial charge is 0.191 e. The predicted molar refractivity (Wildman–Crippen MR) is 102 cm³/mol. The molecule has 1 rings (SSSR count). The van der Waals surface area contributed by atoms with Crippen LogP contribution in [0.25, 0.3) is 0 Å². The fraction of sp³-hybridized carbons (Fsp3) is 0.947. The lowest BCUT2D eigenvalue weighted by molar-refractivity contribution is 0.107. The molecule has 0 aromatic rings. The van der Waals surface area contributed by atoms with Crippen LogP contribution in [0.1, 0.15) is 65.2 Å². The molecule has 1 aliphatic carbocycles. The first-order valence-electron chi connectivity index (χ1n) is 9.85. The second-order valence-corrected chi connectivity index (χ2v) is 6.83. The molecule has 0 heterocycles. The Bertz CT molecular complexity index is 329. The highest BCUT2D eigenvalue weighted by atomic mass is 16.5. The highest BCUT2D eigenvalue weighted by Crippen LogP contribution is 2.41. The molecular weight excluding hydrogens is 302 g/mol. The Morgan fingerprint density at radius 2 is 1.83 bits per heavy atom. The van der Waals surface area contributed by atoms with E-state index < -0.39 is 0 Å². The third kappa shape index (κ3) is 8.88. The van der Waals surface area contributed by atoms with E-state index >= 15 is 0 Å². The Morgan fingerprint density at radius 1 is 1.04 bits per heavy atom. The molecule has 0 radical (unpaired) electrons. The number of nitrogens with one attached hydrogen (secondary N) is 2. The first kappa shape index (κ1) is 21.2. The van der Waals surface area contributed by atoms with Gasteiger partial charge in [0.25, 0.3) is 0 Å². The van der Waals surface area contributed by atoms with E-state index in [1.54, 1.807) is 7.11 Å². The van der Waals surface area contributed by atoms with Crippen molar-refractivity contribution in [2.75, 3.05) is 46.6 Å². The molecule has 0 bridgehead atoms. The quantitative estimate of drug-likeness (QED) is 0.306. The van der Waals surface area contributed by atoms with E-state index in [2.05, 4.69) is 24.5 Å². The molecule has 0 atom stereocenters. The molecule has 0 spiro atoms. The third-order valence-corrected chi connectivity index (χ3v) is 4.88. The largest absolute Gasteiger partial charge is 0.385 e. The van der Waals surface area contributed by atoms with Crippen LogP contribution >= 0.6 is 0 Å². The van der Waals surface area contributed by atoms with Gasteiger partial charge in [-0.05, 0) is 57.8 Å². The summed E-state index contributed by atoms with van der Waals surface area (Å²) in [5.41, 5.74) is 0.357. The van der Waals surface area contributed by atoms with Gasteiger partial charge < -0.3 is 20.1 Å². The van der Waals surface area contributed by atoms with Crippen molar-refractivity contribution in [1.82, 2.24) is 10.6 Å². The fourth-order valence-electron chi connectivity index (χ4n) is 3.39. The summed E-state index contributed by atoms with van der Waals surface area (Å²) in [6, 6.07) is 0. The number of hydrogen-bond donors (Lipinski definition) is 2. The van der Waals surface area contributed by atoms with Gasteiger partial charge >= 0.3 is 0 Å². The van der Waals surface area contributed by atoms with Crippen LogP contribution in [0.3, 0.4) is 0 Å². The maximum Gasteiger partial charge on any atom is 0.191 e. The van der Waals surface area contributed by atoms with Gasteiger partial charge in [-0.25, -0.2) is 0 Å². The summed E-state index contributed by atoms with van der Waals surface area (Å²) in [6.07, 6.45) is 9.88. The van der Waals surface area contributed by atoms with Gasteiger partial charge in [0.15, 0.2) is 5.96 Å². The average Bonchev–Trinajstić information content (AvgIpc) is 3.05. The Kier molecular flexibility index (Phi) is 11.9. The Balaban J connectivity index is 2.40. The maximum absolute atomic E-state index is 5.60. The highest BCUT2D eigenvalue weighted by Gasteiger charge is 2.33. The highest BCUT2D eigenvalue weighted by molar-refractivity contribution is 5.79. The van der Waals surface area contributed by atoms with E-state index in [-0.39, 0.29) is 0 Å². The lowest BCUT2D eigenvalue weighted by atomic mass is 9.83.